The van der Waals surface area contributed by atoms with Crippen molar-refractivity contribution in [3.63, 3.8) is 0 Å². The predicted molar refractivity (Wildman–Crippen MR) is 103 cm³/mol. The maximum Gasteiger partial charge on any atom is 0.265 e. The van der Waals surface area contributed by atoms with Gasteiger partial charge in [0.2, 0.25) is 0 Å². The summed E-state index contributed by atoms with van der Waals surface area (Å²) in [7, 11) is 0. The predicted octanol–water partition coefficient (Wildman–Crippen LogP) is 2.48. The van der Waals surface area contributed by atoms with Crippen molar-refractivity contribution in [3.8, 4) is 11.5 Å². The SMILES string of the molecule is Cc1nnc(N/N=C/c2ccccc2O)nc1N/N=C/c1ccccc1O. The van der Waals surface area contributed by atoms with E-state index in [1.807, 2.05) is 0 Å². The number of anilines is 2. The molecule has 27 heavy (non-hydrogen) atoms. The van der Waals surface area contributed by atoms with Crippen LogP contribution in [0.15, 0.2) is 58.7 Å². The van der Waals surface area contributed by atoms with Gasteiger partial charge in [0.15, 0.2) is 5.82 Å². The molecule has 0 saturated heterocycles. The van der Waals surface area contributed by atoms with Crippen molar-refractivity contribution in [2.75, 3.05) is 10.9 Å². The number of aromatic nitrogens is 3. The number of rotatable bonds is 6. The average Bonchev–Trinajstić information content (AvgIpc) is 2.67. The fraction of sp³-hybridized carbons (Fsp3) is 0.0556. The van der Waals surface area contributed by atoms with E-state index in [4.69, 9.17) is 0 Å². The first-order chi connectivity index (χ1) is 13.1. The zero-order valence-corrected chi connectivity index (χ0v) is 14.4. The number of hydrogen-bond donors (Lipinski definition) is 4. The van der Waals surface area contributed by atoms with Crippen LogP contribution in [0.2, 0.25) is 0 Å². The monoisotopic (exact) mass is 363 g/mol. The van der Waals surface area contributed by atoms with Crippen LogP contribution in [0.5, 0.6) is 11.5 Å². The first-order valence-electron chi connectivity index (χ1n) is 7.99. The number of para-hydroxylation sites is 2. The van der Waals surface area contributed by atoms with Crippen LogP contribution in [0.4, 0.5) is 11.8 Å². The van der Waals surface area contributed by atoms with Crippen LogP contribution in [0.1, 0.15) is 16.8 Å². The third kappa shape index (κ3) is 4.75. The number of aryl methyl sites for hydroxylation is 1. The van der Waals surface area contributed by atoms with Gasteiger partial charge in [-0.15, -0.1) is 10.2 Å². The summed E-state index contributed by atoms with van der Waals surface area (Å²) >= 11 is 0. The summed E-state index contributed by atoms with van der Waals surface area (Å²) in [5.41, 5.74) is 7.06. The molecule has 2 aromatic carbocycles. The lowest BCUT2D eigenvalue weighted by atomic mass is 10.2. The molecular weight excluding hydrogens is 346 g/mol. The molecule has 0 atom stereocenters. The first kappa shape index (κ1) is 17.8. The zero-order valence-electron chi connectivity index (χ0n) is 14.4. The lowest BCUT2D eigenvalue weighted by Crippen LogP contribution is -2.05. The molecule has 136 valence electrons. The number of aromatic hydroxyl groups is 2. The number of phenols is 2. The van der Waals surface area contributed by atoms with E-state index in [2.05, 4.69) is 36.2 Å². The fourth-order valence-electron chi connectivity index (χ4n) is 2.05. The van der Waals surface area contributed by atoms with E-state index in [-0.39, 0.29) is 17.4 Å². The molecule has 0 spiro atoms. The van der Waals surface area contributed by atoms with E-state index >= 15 is 0 Å². The Morgan fingerprint density at radius 3 is 1.96 bits per heavy atom. The molecule has 0 aliphatic heterocycles. The Morgan fingerprint density at radius 1 is 0.815 bits per heavy atom. The highest BCUT2D eigenvalue weighted by molar-refractivity contribution is 5.84. The number of hydrazone groups is 2. The second-order valence-electron chi connectivity index (χ2n) is 5.43. The lowest BCUT2D eigenvalue weighted by Gasteiger charge is -2.05. The normalized spacial score (nSPS) is 11.1. The van der Waals surface area contributed by atoms with Crippen LogP contribution in [-0.4, -0.2) is 37.8 Å². The van der Waals surface area contributed by atoms with Gasteiger partial charge in [0, 0.05) is 11.1 Å². The second kappa shape index (κ2) is 8.39. The Labute approximate surface area is 155 Å². The summed E-state index contributed by atoms with van der Waals surface area (Å²) in [6.45, 7) is 1.73. The Morgan fingerprint density at radius 2 is 1.37 bits per heavy atom. The van der Waals surface area contributed by atoms with Gasteiger partial charge in [-0.1, -0.05) is 24.3 Å². The van der Waals surface area contributed by atoms with Gasteiger partial charge in [-0.2, -0.15) is 15.2 Å². The highest BCUT2D eigenvalue weighted by Gasteiger charge is 2.04. The quantitative estimate of drug-likeness (QED) is 0.391. The Bertz CT molecular complexity index is 989. The van der Waals surface area contributed by atoms with Crippen molar-refractivity contribution >= 4 is 24.2 Å². The van der Waals surface area contributed by atoms with Crippen molar-refractivity contribution in [1.29, 1.82) is 0 Å². The Hall–Kier alpha value is -4.01. The Kier molecular flexibility index (Phi) is 5.53. The smallest absolute Gasteiger partial charge is 0.265 e. The van der Waals surface area contributed by atoms with Crippen LogP contribution in [0, 0.1) is 6.92 Å². The maximum atomic E-state index is 9.72. The molecule has 1 aromatic heterocycles. The summed E-state index contributed by atoms with van der Waals surface area (Å²) in [6, 6.07) is 13.6. The largest absolute Gasteiger partial charge is 0.507 e. The number of phenolic OH excluding ortho intramolecular Hbond substituents is 2. The second-order valence-corrected chi connectivity index (χ2v) is 5.43. The molecule has 0 bridgehead atoms. The summed E-state index contributed by atoms with van der Waals surface area (Å²) in [5.74, 6) is 0.790. The van der Waals surface area contributed by atoms with Gasteiger partial charge in [-0.05, 0) is 31.2 Å². The summed E-state index contributed by atoms with van der Waals surface area (Å²) in [6.07, 6.45) is 2.92. The van der Waals surface area contributed by atoms with Gasteiger partial charge in [0.25, 0.3) is 5.95 Å². The molecule has 0 fully saturated rings. The van der Waals surface area contributed by atoms with Gasteiger partial charge in [0.05, 0.1) is 12.4 Å². The van der Waals surface area contributed by atoms with Crippen molar-refractivity contribution in [3.05, 3.63) is 65.4 Å². The van der Waals surface area contributed by atoms with Gasteiger partial charge in [-0.25, -0.2) is 5.43 Å². The molecule has 1 heterocycles. The minimum Gasteiger partial charge on any atom is -0.507 e. The van der Waals surface area contributed by atoms with Gasteiger partial charge in [-0.3, -0.25) is 5.43 Å². The average molecular weight is 363 g/mol. The van der Waals surface area contributed by atoms with Gasteiger partial charge >= 0.3 is 0 Å². The number of benzene rings is 2. The molecule has 9 heteroatoms. The van der Waals surface area contributed by atoms with Crippen LogP contribution in [0.3, 0.4) is 0 Å². The number of nitrogens with zero attached hydrogens (tertiary/aromatic N) is 5. The van der Waals surface area contributed by atoms with E-state index in [0.717, 1.165) is 0 Å². The molecule has 0 aliphatic rings. The lowest BCUT2D eigenvalue weighted by molar-refractivity contribution is 0.474. The highest BCUT2D eigenvalue weighted by atomic mass is 16.3. The molecule has 9 nitrogen and oxygen atoms in total. The molecule has 3 rings (SSSR count). The minimum absolute atomic E-state index is 0.117. The van der Waals surface area contributed by atoms with E-state index in [1.165, 1.54) is 12.4 Å². The zero-order chi connectivity index (χ0) is 19.1. The number of hydrogen-bond acceptors (Lipinski definition) is 9. The van der Waals surface area contributed by atoms with Crippen LogP contribution in [0.25, 0.3) is 0 Å². The van der Waals surface area contributed by atoms with Crippen molar-refractivity contribution in [1.82, 2.24) is 15.2 Å². The maximum absolute atomic E-state index is 9.72. The van der Waals surface area contributed by atoms with Crippen LogP contribution in [-0.2, 0) is 0 Å². The van der Waals surface area contributed by atoms with Crippen LogP contribution < -0.4 is 10.9 Å². The third-order valence-corrected chi connectivity index (χ3v) is 3.47. The molecule has 0 aliphatic carbocycles. The topological polar surface area (TPSA) is 128 Å². The van der Waals surface area contributed by atoms with Crippen molar-refractivity contribution in [2.45, 2.75) is 6.92 Å². The van der Waals surface area contributed by atoms with E-state index in [9.17, 15) is 10.2 Å². The standard InChI is InChI=1S/C18H17N7O2/c1-12-17(23-19-10-13-6-2-4-8-15(13)26)21-18(25-22-12)24-20-11-14-7-3-5-9-16(14)27/h2-11,26-27H,1H3,(H2,21,23,24,25)/b19-10+,20-11+. The summed E-state index contributed by atoms with van der Waals surface area (Å²) < 4.78 is 0. The fourth-order valence-corrected chi connectivity index (χ4v) is 2.05. The molecule has 3 aromatic rings. The minimum atomic E-state index is 0.117. The van der Waals surface area contributed by atoms with Crippen LogP contribution >= 0.6 is 0 Å². The van der Waals surface area contributed by atoms with Crippen molar-refractivity contribution in [2.24, 2.45) is 10.2 Å². The van der Waals surface area contributed by atoms with E-state index in [0.29, 0.717) is 22.6 Å². The molecule has 0 radical (unpaired) electrons. The van der Waals surface area contributed by atoms with Crippen molar-refractivity contribution < 1.29 is 10.2 Å². The van der Waals surface area contributed by atoms with E-state index in [1.54, 1.807) is 55.5 Å². The summed E-state index contributed by atoms with van der Waals surface area (Å²) in [5, 5.41) is 35.3. The molecule has 0 amide bonds. The number of nitrogens with one attached hydrogen (secondary N) is 2. The van der Waals surface area contributed by atoms with Gasteiger partial charge in [0.1, 0.15) is 17.2 Å². The molecule has 0 saturated carbocycles. The molecule has 4 N–H and O–H groups in total. The molecule has 0 unspecified atom stereocenters. The van der Waals surface area contributed by atoms with E-state index < -0.39 is 0 Å². The first-order valence-corrected chi connectivity index (χ1v) is 7.99. The summed E-state index contributed by atoms with van der Waals surface area (Å²) in [4.78, 5) is 4.23. The molecular formula is C18H17N7O2. The third-order valence-electron chi connectivity index (χ3n) is 3.47. The highest BCUT2D eigenvalue weighted by Crippen LogP contribution is 2.15. The van der Waals surface area contributed by atoms with Gasteiger partial charge < -0.3 is 10.2 Å². The Balaban J connectivity index is 1.67.